The maximum absolute atomic E-state index is 12.5. The zero-order valence-electron chi connectivity index (χ0n) is 12.3. The molecule has 2 aliphatic heterocycles. The molecule has 1 aromatic rings. The minimum atomic E-state index is 0.0617. The molecule has 0 bridgehead atoms. The summed E-state index contributed by atoms with van der Waals surface area (Å²) < 4.78 is 0. The second-order valence-corrected chi connectivity index (χ2v) is 5.98. The van der Waals surface area contributed by atoms with Crippen LogP contribution in [0.5, 0.6) is 0 Å². The Morgan fingerprint density at radius 1 is 1.19 bits per heavy atom. The van der Waals surface area contributed by atoms with Gasteiger partial charge in [-0.05, 0) is 50.6 Å². The average Bonchev–Trinajstić information content (AvgIpc) is 3.05. The van der Waals surface area contributed by atoms with E-state index in [9.17, 15) is 4.79 Å². The number of piperidine rings is 1. The molecule has 1 atom stereocenters. The van der Waals surface area contributed by atoms with Crippen molar-refractivity contribution in [3.63, 3.8) is 0 Å². The smallest absolute Gasteiger partial charge is 0.253 e. The minimum absolute atomic E-state index is 0.0617. The summed E-state index contributed by atoms with van der Waals surface area (Å²) in [5, 5.41) is 8.94. The molecule has 21 heavy (non-hydrogen) atoms. The van der Waals surface area contributed by atoms with Gasteiger partial charge in [-0.25, -0.2) is 0 Å². The minimum Gasteiger partial charge on any atom is -0.337 e. The van der Waals surface area contributed by atoms with Gasteiger partial charge in [0.05, 0.1) is 11.6 Å². The van der Waals surface area contributed by atoms with Crippen molar-refractivity contribution in [2.75, 3.05) is 26.2 Å². The molecule has 4 nitrogen and oxygen atoms in total. The Morgan fingerprint density at radius 2 is 2.00 bits per heavy atom. The molecule has 0 aliphatic carbocycles. The lowest BCUT2D eigenvalue weighted by molar-refractivity contribution is 0.0771. The normalized spacial score (nSPS) is 23.0. The molecule has 0 aromatic heterocycles. The fourth-order valence-electron chi connectivity index (χ4n) is 3.41. The lowest BCUT2D eigenvalue weighted by Gasteiger charge is -2.32. The van der Waals surface area contributed by atoms with E-state index in [1.807, 2.05) is 4.90 Å². The number of benzene rings is 1. The van der Waals surface area contributed by atoms with Crippen LogP contribution in [0.1, 0.15) is 41.6 Å². The van der Waals surface area contributed by atoms with Gasteiger partial charge in [-0.2, -0.15) is 5.26 Å². The lowest BCUT2D eigenvalue weighted by atomic mass is 10.1. The van der Waals surface area contributed by atoms with Crippen molar-refractivity contribution < 1.29 is 4.79 Å². The maximum Gasteiger partial charge on any atom is 0.253 e. The first-order valence-electron chi connectivity index (χ1n) is 7.81. The Balaban J connectivity index is 1.65. The topological polar surface area (TPSA) is 47.3 Å². The van der Waals surface area contributed by atoms with E-state index < -0.39 is 0 Å². The van der Waals surface area contributed by atoms with Crippen LogP contribution in [-0.2, 0) is 0 Å². The Labute approximate surface area is 126 Å². The average molecular weight is 283 g/mol. The van der Waals surface area contributed by atoms with Crippen molar-refractivity contribution in [2.24, 2.45) is 0 Å². The van der Waals surface area contributed by atoms with Crippen LogP contribution in [0.3, 0.4) is 0 Å². The van der Waals surface area contributed by atoms with Crippen molar-refractivity contribution in [1.29, 1.82) is 5.26 Å². The van der Waals surface area contributed by atoms with Gasteiger partial charge in [0.2, 0.25) is 0 Å². The van der Waals surface area contributed by atoms with Crippen LogP contribution in [-0.4, -0.2) is 47.9 Å². The SMILES string of the molecule is N#Cc1cccc(C(=O)N2CCC(N3CCCCC3)C2)c1. The number of nitriles is 1. The van der Waals surface area contributed by atoms with Crippen LogP contribution in [0.2, 0.25) is 0 Å². The zero-order chi connectivity index (χ0) is 14.7. The van der Waals surface area contributed by atoms with Crippen molar-refractivity contribution >= 4 is 5.91 Å². The largest absolute Gasteiger partial charge is 0.337 e. The molecular formula is C17H21N3O. The molecule has 2 fully saturated rings. The summed E-state index contributed by atoms with van der Waals surface area (Å²) in [6.45, 7) is 4.01. The number of likely N-dealkylation sites (tertiary alicyclic amines) is 2. The molecule has 1 unspecified atom stereocenters. The van der Waals surface area contributed by atoms with Crippen LogP contribution in [0, 0.1) is 11.3 Å². The quantitative estimate of drug-likeness (QED) is 0.836. The molecule has 0 radical (unpaired) electrons. The molecule has 0 spiro atoms. The number of carbonyl (C=O) groups is 1. The van der Waals surface area contributed by atoms with Crippen molar-refractivity contribution in [2.45, 2.75) is 31.7 Å². The van der Waals surface area contributed by atoms with Crippen LogP contribution in [0.15, 0.2) is 24.3 Å². The van der Waals surface area contributed by atoms with Crippen molar-refractivity contribution in [1.82, 2.24) is 9.80 Å². The van der Waals surface area contributed by atoms with Gasteiger partial charge in [0.25, 0.3) is 5.91 Å². The second-order valence-electron chi connectivity index (χ2n) is 5.98. The van der Waals surface area contributed by atoms with Gasteiger partial charge in [-0.15, -0.1) is 0 Å². The summed E-state index contributed by atoms with van der Waals surface area (Å²) >= 11 is 0. The highest BCUT2D eigenvalue weighted by molar-refractivity contribution is 5.94. The van der Waals surface area contributed by atoms with Gasteiger partial charge in [-0.1, -0.05) is 12.5 Å². The number of rotatable bonds is 2. The molecule has 110 valence electrons. The summed E-state index contributed by atoms with van der Waals surface area (Å²) in [4.78, 5) is 17.0. The van der Waals surface area contributed by atoms with Gasteiger partial charge >= 0.3 is 0 Å². The van der Waals surface area contributed by atoms with Gasteiger partial charge in [0, 0.05) is 24.7 Å². The fraction of sp³-hybridized carbons (Fsp3) is 0.529. The third-order valence-electron chi connectivity index (χ3n) is 4.60. The van der Waals surface area contributed by atoms with E-state index in [1.165, 1.54) is 32.4 Å². The molecule has 4 heteroatoms. The molecule has 0 saturated carbocycles. The highest BCUT2D eigenvalue weighted by Gasteiger charge is 2.31. The van der Waals surface area contributed by atoms with E-state index in [0.717, 1.165) is 19.5 Å². The number of hydrogen-bond donors (Lipinski definition) is 0. The maximum atomic E-state index is 12.5. The van der Waals surface area contributed by atoms with E-state index >= 15 is 0 Å². The molecule has 1 aromatic carbocycles. The molecule has 3 rings (SSSR count). The summed E-state index contributed by atoms with van der Waals surface area (Å²) in [7, 11) is 0. The first-order valence-corrected chi connectivity index (χ1v) is 7.81. The Hall–Kier alpha value is -1.86. The summed E-state index contributed by atoms with van der Waals surface area (Å²) in [5.41, 5.74) is 1.18. The van der Waals surface area contributed by atoms with Crippen LogP contribution in [0.25, 0.3) is 0 Å². The van der Waals surface area contributed by atoms with Crippen LogP contribution >= 0.6 is 0 Å². The van der Waals surface area contributed by atoms with E-state index in [1.54, 1.807) is 24.3 Å². The Kier molecular flexibility index (Phi) is 4.21. The first kappa shape index (κ1) is 14.1. The highest BCUT2D eigenvalue weighted by atomic mass is 16.2. The Bertz CT molecular complexity index is 557. The van der Waals surface area contributed by atoms with Gasteiger partial charge in [0.15, 0.2) is 0 Å². The van der Waals surface area contributed by atoms with E-state index in [2.05, 4.69) is 11.0 Å². The molecular weight excluding hydrogens is 262 g/mol. The molecule has 2 saturated heterocycles. The highest BCUT2D eigenvalue weighted by Crippen LogP contribution is 2.21. The molecule has 1 amide bonds. The Morgan fingerprint density at radius 3 is 2.76 bits per heavy atom. The third kappa shape index (κ3) is 3.08. The van der Waals surface area contributed by atoms with Gasteiger partial charge < -0.3 is 4.90 Å². The molecule has 0 N–H and O–H groups in total. The lowest BCUT2D eigenvalue weighted by Crippen LogP contribution is -2.41. The number of carbonyl (C=O) groups excluding carboxylic acids is 1. The van der Waals surface area contributed by atoms with Crippen LogP contribution in [0.4, 0.5) is 0 Å². The number of nitrogens with zero attached hydrogens (tertiary/aromatic N) is 3. The number of hydrogen-bond acceptors (Lipinski definition) is 3. The van der Waals surface area contributed by atoms with E-state index in [-0.39, 0.29) is 5.91 Å². The second kappa shape index (κ2) is 6.28. The van der Waals surface area contributed by atoms with Crippen molar-refractivity contribution in [3.05, 3.63) is 35.4 Å². The standard InChI is InChI=1S/C17H21N3O/c18-12-14-5-4-6-15(11-14)17(21)20-10-7-16(13-20)19-8-2-1-3-9-19/h4-6,11,16H,1-3,7-10,13H2. The first-order chi connectivity index (χ1) is 10.3. The monoisotopic (exact) mass is 283 g/mol. The van der Waals surface area contributed by atoms with E-state index in [4.69, 9.17) is 5.26 Å². The van der Waals surface area contributed by atoms with Crippen LogP contribution < -0.4 is 0 Å². The summed E-state index contributed by atoms with van der Waals surface area (Å²) in [6.07, 6.45) is 4.99. The van der Waals surface area contributed by atoms with Crippen molar-refractivity contribution in [3.8, 4) is 6.07 Å². The molecule has 2 aliphatic rings. The van der Waals surface area contributed by atoms with Gasteiger partial charge in [-0.3, -0.25) is 9.69 Å². The predicted octanol–water partition coefficient (Wildman–Crippen LogP) is 2.26. The third-order valence-corrected chi connectivity index (χ3v) is 4.60. The predicted molar refractivity (Wildman–Crippen MR) is 80.9 cm³/mol. The summed E-state index contributed by atoms with van der Waals surface area (Å²) in [5.74, 6) is 0.0617. The molecule has 2 heterocycles. The summed E-state index contributed by atoms with van der Waals surface area (Å²) in [6, 6.07) is 9.63. The van der Waals surface area contributed by atoms with Gasteiger partial charge in [0.1, 0.15) is 0 Å². The van der Waals surface area contributed by atoms with E-state index in [0.29, 0.717) is 17.2 Å². The number of amides is 1. The fourth-order valence-corrected chi connectivity index (χ4v) is 3.41. The zero-order valence-corrected chi connectivity index (χ0v) is 12.3.